The van der Waals surface area contributed by atoms with Gasteiger partial charge in [0.05, 0.1) is 25.2 Å². The highest BCUT2D eigenvalue weighted by atomic mass is 16.5. The summed E-state index contributed by atoms with van der Waals surface area (Å²) in [4.78, 5) is 6.54. The Morgan fingerprint density at radius 2 is 2.00 bits per heavy atom. The van der Waals surface area contributed by atoms with E-state index in [1.54, 1.807) is 13.3 Å². The third-order valence-corrected chi connectivity index (χ3v) is 2.66. The van der Waals surface area contributed by atoms with Crippen molar-refractivity contribution in [3.63, 3.8) is 0 Å². The molecular formula is C11H16N2O. The Bertz CT molecular complexity index is 295. The maximum atomic E-state index is 5.16. The van der Waals surface area contributed by atoms with Gasteiger partial charge in [-0.15, -0.1) is 0 Å². The van der Waals surface area contributed by atoms with Gasteiger partial charge in [0.1, 0.15) is 5.75 Å². The molecule has 0 aliphatic carbocycles. The molecule has 0 spiro atoms. The first-order chi connectivity index (χ1) is 6.90. The monoisotopic (exact) mass is 192 g/mol. The number of methoxy groups -OCH3 is 1. The van der Waals surface area contributed by atoms with Gasteiger partial charge in [0, 0.05) is 19.2 Å². The van der Waals surface area contributed by atoms with Crippen molar-refractivity contribution in [1.29, 1.82) is 0 Å². The Morgan fingerprint density at radius 3 is 2.71 bits per heavy atom. The minimum Gasteiger partial charge on any atom is -0.495 e. The summed E-state index contributed by atoms with van der Waals surface area (Å²) in [5.41, 5.74) is 1.18. The van der Waals surface area contributed by atoms with E-state index in [1.165, 1.54) is 24.9 Å². The smallest absolute Gasteiger partial charge is 0.139 e. The van der Waals surface area contributed by atoms with Gasteiger partial charge >= 0.3 is 0 Å². The first-order valence-corrected chi connectivity index (χ1v) is 5.14. The molecule has 0 radical (unpaired) electrons. The predicted molar refractivity (Wildman–Crippen MR) is 56.9 cm³/mol. The summed E-state index contributed by atoms with van der Waals surface area (Å²) in [6.07, 6.45) is 7.59. The van der Waals surface area contributed by atoms with E-state index in [-0.39, 0.29) is 0 Å². The number of anilines is 1. The van der Waals surface area contributed by atoms with Crippen molar-refractivity contribution in [2.24, 2.45) is 0 Å². The van der Waals surface area contributed by atoms with Crippen LogP contribution >= 0.6 is 0 Å². The minimum absolute atomic E-state index is 0.841. The molecule has 0 amide bonds. The van der Waals surface area contributed by atoms with Crippen LogP contribution in [0.15, 0.2) is 18.5 Å². The maximum absolute atomic E-state index is 5.16. The second-order valence-corrected chi connectivity index (χ2v) is 3.63. The second kappa shape index (κ2) is 4.31. The van der Waals surface area contributed by atoms with E-state index >= 15 is 0 Å². The summed E-state index contributed by atoms with van der Waals surface area (Å²) < 4.78 is 5.16. The Hall–Kier alpha value is -1.25. The number of piperidine rings is 1. The third-order valence-electron chi connectivity index (χ3n) is 2.66. The molecule has 1 aromatic rings. The molecule has 76 valence electrons. The molecule has 0 unspecified atom stereocenters. The highest BCUT2D eigenvalue weighted by Crippen LogP contribution is 2.22. The van der Waals surface area contributed by atoms with Crippen molar-refractivity contribution >= 4 is 5.69 Å². The second-order valence-electron chi connectivity index (χ2n) is 3.63. The molecule has 2 heterocycles. The van der Waals surface area contributed by atoms with E-state index in [0.29, 0.717) is 0 Å². The normalized spacial score (nSPS) is 16.8. The van der Waals surface area contributed by atoms with Crippen LogP contribution in [0, 0.1) is 0 Å². The fourth-order valence-electron chi connectivity index (χ4n) is 1.84. The number of hydrogen-bond donors (Lipinski definition) is 0. The molecule has 0 N–H and O–H groups in total. The Balaban J connectivity index is 2.13. The van der Waals surface area contributed by atoms with Crippen LogP contribution in [0.2, 0.25) is 0 Å². The summed E-state index contributed by atoms with van der Waals surface area (Å²) in [7, 11) is 1.68. The van der Waals surface area contributed by atoms with Crippen LogP contribution in [-0.2, 0) is 0 Å². The lowest BCUT2D eigenvalue weighted by Crippen LogP contribution is -2.29. The zero-order valence-electron chi connectivity index (χ0n) is 8.57. The highest BCUT2D eigenvalue weighted by molar-refractivity contribution is 5.48. The zero-order chi connectivity index (χ0) is 9.80. The number of aromatic nitrogens is 1. The summed E-state index contributed by atoms with van der Waals surface area (Å²) in [5.74, 6) is 0.841. The van der Waals surface area contributed by atoms with E-state index in [0.717, 1.165) is 18.8 Å². The average Bonchev–Trinajstić information content (AvgIpc) is 2.30. The van der Waals surface area contributed by atoms with Crippen LogP contribution in [0.25, 0.3) is 0 Å². The lowest BCUT2D eigenvalue weighted by molar-refractivity contribution is 0.412. The SMILES string of the molecule is COc1cncc(N2CCCCC2)c1. The van der Waals surface area contributed by atoms with Crippen LogP contribution < -0.4 is 9.64 Å². The molecule has 0 bridgehead atoms. The van der Waals surface area contributed by atoms with E-state index in [4.69, 9.17) is 4.74 Å². The number of ether oxygens (including phenoxy) is 1. The first kappa shape index (κ1) is 9.31. The van der Waals surface area contributed by atoms with Crippen LogP contribution in [0.3, 0.4) is 0 Å². The summed E-state index contributed by atoms with van der Waals surface area (Å²) in [6, 6.07) is 2.05. The summed E-state index contributed by atoms with van der Waals surface area (Å²) in [5, 5.41) is 0. The largest absolute Gasteiger partial charge is 0.495 e. The number of rotatable bonds is 2. The molecule has 3 nitrogen and oxygen atoms in total. The number of hydrogen-bond acceptors (Lipinski definition) is 3. The van der Waals surface area contributed by atoms with E-state index in [9.17, 15) is 0 Å². The van der Waals surface area contributed by atoms with Crippen molar-refractivity contribution < 1.29 is 4.74 Å². The molecule has 1 aliphatic heterocycles. The minimum atomic E-state index is 0.841. The van der Waals surface area contributed by atoms with Crippen LogP contribution in [-0.4, -0.2) is 25.2 Å². The Morgan fingerprint density at radius 1 is 1.21 bits per heavy atom. The van der Waals surface area contributed by atoms with E-state index < -0.39 is 0 Å². The van der Waals surface area contributed by atoms with Gasteiger partial charge in [-0.1, -0.05) is 0 Å². The Kier molecular flexibility index (Phi) is 2.87. The lowest BCUT2D eigenvalue weighted by atomic mass is 10.1. The van der Waals surface area contributed by atoms with Gasteiger partial charge < -0.3 is 9.64 Å². The molecule has 1 saturated heterocycles. The van der Waals surface area contributed by atoms with Gasteiger partial charge in [-0.25, -0.2) is 0 Å². The summed E-state index contributed by atoms with van der Waals surface area (Å²) >= 11 is 0. The van der Waals surface area contributed by atoms with Gasteiger partial charge in [0.15, 0.2) is 0 Å². The van der Waals surface area contributed by atoms with Crippen molar-refractivity contribution in [2.45, 2.75) is 19.3 Å². The van der Waals surface area contributed by atoms with Crippen molar-refractivity contribution in [1.82, 2.24) is 4.98 Å². The van der Waals surface area contributed by atoms with Gasteiger partial charge in [-0.05, 0) is 19.3 Å². The molecular weight excluding hydrogens is 176 g/mol. The molecule has 0 atom stereocenters. The molecule has 1 aliphatic rings. The predicted octanol–water partition coefficient (Wildman–Crippen LogP) is 2.08. The Labute approximate surface area is 84.7 Å². The van der Waals surface area contributed by atoms with E-state index in [1.807, 2.05) is 6.20 Å². The van der Waals surface area contributed by atoms with Gasteiger partial charge in [-0.3, -0.25) is 4.98 Å². The molecule has 3 heteroatoms. The lowest BCUT2D eigenvalue weighted by Gasteiger charge is -2.28. The first-order valence-electron chi connectivity index (χ1n) is 5.14. The third kappa shape index (κ3) is 1.97. The molecule has 0 saturated carbocycles. The topological polar surface area (TPSA) is 25.4 Å². The molecule has 0 aromatic carbocycles. The van der Waals surface area contributed by atoms with Crippen molar-refractivity contribution in [3.8, 4) is 5.75 Å². The molecule has 14 heavy (non-hydrogen) atoms. The van der Waals surface area contributed by atoms with Crippen LogP contribution in [0.4, 0.5) is 5.69 Å². The van der Waals surface area contributed by atoms with Crippen molar-refractivity contribution in [3.05, 3.63) is 18.5 Å². The number of pyridine rings is 1. The molecule has 1 aromatic heterocycles. The van der Waals surface area contributed by atoms with Crippen LogP contribution in [0.5, 0.6) is 5.75 Å². The number of nitrogens with zero attached hydrogens (tertiary/aromatic N) is 2. The highest BCUT2D eigenvalue weighted by Gasteiger charge is 2.11. The van der Waals surface area contributed by atoms with Gasteiger partial charge in [0.2, 0.25) is 0 Å². The van der Waals surface area contributed by atoms with Gasteiger partial charge in [-0.2, -0.15) is 0 Å². The fourth-order valence-corrected chi connectivity index (χ4v) is 1.84. The average molecular weight is 192 g/mol. The quantitative estimate of drug-likeness (QED) is 0.717. The van der Waals surface area contributed by atoms with Crippen LogP contribution in [0.1, 0.15) is 19.3 Å². The summed E-state index contributed by atoms with van der Waals surface area (Å²) in [6.45, 7) is 2.30. The van der Waals surface area contributed by atoms with E-state index in [2.05, 4.69) is 16.0 Å². The molecule has 1 fully saturated rings. The van der Waals surface area contributed by atoms with Crippen molar-refractivity contribution in [2.75, 3.05) is 25.1 Å². The molecule has 2 rings (SSSR count). The standard InChI is InChI=1S/C11H16N2O/c1-14-11-7-10(8-12-9-11)13-5-3-2-4-6-13/h7-9H,2-6H2,1H3. The van der Waals surface area contributed by atoms with Gasteiger partial charge in [0.25, 0.3) is 0 Å². The maximum Gasteiger partial charge on any atom is 0.139 e. The fraction of sp³-hybridized carbons (Fsp3) is 0.545. The zero-order valence-corrected chi connectivity index (χ0v) is 8.57.